The van der Waals surface area contributed by atoms with Crippen LogP contribution in [0.4, 0.5) is 0 Å². The highest BCUT2D eigenvalue weighted by molar-refractivity contribution is 5.87. The zero-order valence-corrected chi connectivity index (χ0v) is 6.48. The molecule has 0 aliphatic heterocycles. The summed E-state index contributed by atoms with van der Waals surface area (Å²) >= 11 is 0. The lowest BCUT2D eigenvalue weighted by Crippen LogP contribution is -2.48. The van der Waals surface area contributed by atoms with Gasteiger partial charge in [-0.15, -0.1) is 0 Å². The summed E-state index contributed by atoms with van der Waals surface area (Å²) in [6, 6.07) is 0. The van der Waals surface area contributed by atoms with E-state index >= 15 is 0 Å². The van der Waals surface area contributed by atoms with E-state index in [9.17, 15) is 4.79 Å². The maximum atomic E-state index is 10.7. The first kappa shape index (κ1) is 9.17. The lowest BCUT2D eigenvalue weighted by Gasteiger charge is -2.22. The fourth-order valence-corrected chi connectivity index (χ4v) is 0.436. The van der Waals surface area contributed by atoms with Crippen LogP contribution in [-0.2, 0) is 4.79 Å². The van der Waals surface area contributed by atoms with Gasteiger partial charge >= 0.3 is 0 Å². The van der Waals surface area contributed by atoms with Gasteiger partial charge in [0.2, 0.25) is 5.91 Å². The highest BCUT2D eigenvalue weighted by Gasteiger charge is 2.15. The second-order valence-corrected chi connectivity index (χ2v) is 2.78. The van der Waals surface area contributed by atoms with Gasteiger partial charge < -0.3 is 11.1 Å². The average Bonchev–Trinajstić information content (AvgIpc) is 1.87. The molecule has 0 heterocycles. The van der Waals surface area contributed by atoms with Crippen LogP contribution < -0.4 is 11.1 Å². The molecule has 0 aromatic rings. The topological polar surface area (TPSA) is 55.1 Å². The summed E-state index contributed by atoms with van der Waals surface area (Å²) in [6.07, 6.45) is 1.23. The van der Waals surface area contributed by atoms with Crippen LogP contribution in [0.5, 0.6) is 0 Å². The van der Waals surface area contributed by atoms with Gasteiger partial charge in [-0.1, -0.05) is 6.58 Å². The Kier molecular flexibility index (Phi) is 3.09. The van der Waals surface area contributed by atoms with Crippen molar-refractivity contribution in [3.8, 4) is 0 Å². The summed E-state index contributed by atoms with van der Waals surface area (Å²) in [5, 5.41) is 2.67. The summed E-state index contributed by atoms with van der Waals surface area (Å²) in [5.74, 6) is -0.185. The zero-order chi connectivity index (χ0) is 8.20. The Labute approximate surface area is 61.3 Å². The third-order valence-electron chi connectivity index (χ3n) is 1.16. The van der Waals surface area contributed by atoms with Crippen LogP contribution in [0, 0.1) is 0 Å². The number of nitrogens with two attached hydrogens (primary N) is 1. The monoisotopic (exact) mass is 142 g/mol. The first-order chi connectivity index (χ1) is 4.52. The van der Waals surface area contributed by atoms with Gasteiger partial charge in [-0.05, 0) is 19.9 Å². The fourth-order valence-electron chi connectivity index (χ4n) is 0.436. The van der Waals surface area contributed by atoms with Crippen molar-refractivity contribution in [3.63, 3.8) is 0 Å². The Morgan fingerprint density at radius 2 is 2.30 bits per heavy atom. The van der Waals surface area contributed by atoms with Gasteiger partial charge in [0.15, 0.2) is 0 Å². The van der Waals surface area contributed by atoms with E-state index in [4.69, 9.17) is 5.73 Å². The predicted octanol–water partition coefficient (Wildman–Crippen LogP) is 0.0259. The number of amides is 1. The van der Waals surface area contributed by atoms with Gasteiger partial charge in [-0.3, -0.25) is 4.79 Å². The molecule has 0 aromatic heterocycles. The van der Waals surface area contributed by atoms with Crippen molar-refractivity contribution in [2.24, 2.45) is 5.73 Å². The summed E-state index contributed by atoms with van der Waals surface area (Å²) in [6.45, 7) is 7.46. The molecule has 58 valence electrons. The molecular weight excluding hydrogens is 128 g/mol. The number of hydrogen-bond acceptors (Lipinski definition) is 2. The Bertz CT molecular complexity index is 141. The molecular formula is C7H14N2O. The van der Waals surface area contributed by atoms with Crippen LogP contribution in [-0.4, -0.2) is 18.0 Å². The van der Waals surface area contributed by atoms with Crippen LogP contribution in [0.1, 0.15) is 13.8 Å². The van der Waals surface area contributed by atoms with Crippen molar-refractivity contribution in [2.45, 2.75) is 19.4 Å². The van der Waals surface area contributed by atoms with Crippen molar-refractivity contribution in [3.05, 3.63) is 12.7 Å². The molecule has 0 fully saturated rings. The molecule has 0 saturated heterocycles. The summed E-state index contributed by atoms with van der Waals surface area (Å²) in [7, 11) is 0. The van der Waals surface area contributed by atoms with E-state index in [1.165, 1.54) is 6.08 Å². The minimum atomic E-state index is -0.328. The maximum Gasteiger partial charge on any atom is 0.243 e. The second kappa shape index (κ2) is 3.37. The molecule has 0 aliphatic carbocycles. The normalized spacial score (nSPS) is 10.7. The van der Waals surface area contributed by atoms with Crippen LogP contribution in [0.3, 0.4) is 0 Å². The van der Waals surface area contributed by atoms with E-state index in [0.717, 1.165) is 0 Å². The van der Waals surface area contributed by atoms with Crippen LogP contribution in [0.15, 0.2) is 12.7 Å². The van der Waals surface area contributed by atoms with E-state index in [1.807, 2.05) is 13.8 Å². The zero-order valence-electron chi connectivity index (χ0n) is 6.48. The van der Waals surface area contributed by atoms with Crippen LogP contribution in [0.2, 0.25) is 0 Å². The van der Waals surface area contributed by atoms with E-state index in [0.29, 0.717) is 6.54 Å². The largest absolute Gasteiger partial charge is 0.346 e. The molecule has 0 radical (unpaired) electrons. The molecule has 0 saturated carbocycles. The quantitative estimate of drug-likeness (QED) is 0.546. The Balaban J connectivity index is 3.87. The molecule has 0 aromatic carbocycles. The lowest BCUT2D eigenvalue weighted by molar-refractivity contribution is -0.117. The van der Waals surface area contributed by atoms with Gasteiger partial charge in [0.25, 0.3) is 0 Å². The standard InChI is InChI=1S/C7H14N2O/c1-4-6(10)9-7(2,3)5-8/h4H,1,5,8H2,2-3H3,(H,9,10). The SMILES string of the molecule is C=CC(=O)NC(C)(C)CN. The molecule has 3 nitrogen and oxygen atoms in total. The Hall–Kier alpha value is -0.830. The number of carbonyl (C=O) groups is 1. The smallest absolute Gasteiger partial charge is 0.243 e. The van der Waals surface area contributed by atoms with Crippen LogP contribution in [0.25, 0.3) is 0 Å². The number of hydrogen-bond donors (Lipinski definition) is 2. The summed E-state index contributed by atoms with van der Waals surface area (Å²) < 4.78 is 0. The Morgan fingerprint density at radius 1 is 1.80 bits per heavy atom. The lowest BCUT2D eigenvalue weighted by atomic mass is 10.1. The highest BCUT2D eigenvalue weighted by Crippen LogP contribution is 1.97. The Morgan fingerprint density at radius 3 is 2.60 bits per heavy atom. The number of nitrogens with one attached hydrogen (secondary N) is 1. The van der Waals surface area contributed by atoms with Crippen molar-refractivity contribution >= 4 is 5.91 Å². The molecule has 0 bridgehead atoms. The van der Waals surface area contributed by atoms with E-state index in [1.54, 1.807) is 0 Å². The molecule has 3 heteroatoms. The van der Waals surface area contributed by atoms with Crippen molar-refractivity contribution in [1.82, 2.24) is 5.32 Å². The minimum absolute atomic E-state index is 0.185. The highest BCUT2D eigenvalue weighted by atomic mass is 16.1. The molecule has 10 heavy (non-hydrogen) atoms. The summed E-state index contributed by atoms with van der Waals surface area (Å²) in [4.78, 5) is 10.7. The number of carbonyl (C=O) groups excluding carboxylic acids is 1. The van der Waals surface area contributed by atoms with Gasteiger partial charge in [0.1, 0.15) is 0 Å². The molecule has 0 atom stereocenters. The minimum Gasteiger partial charge on any atom is -0.346 e. The predicted molar refractivity (Wildman–Crippen MR) is 41.5 cm³/mol. The molecule has 0 aliphatic rings. The van der Waals surface area contributed by atoms with Gasteiger partial charge in [-0.2, -0.15) is 0 Å². The van der Waals surface area contributed by atoms with E-state index < -0.39 is 0 Å². The van der Waals surface area contributed by atoms with Crippen molar-refractivity contribution in [1.29, 1.82) is 0 Å². The molecule has 1 amide bonds. The average molecular weight is 142 g/mol. The summed E-state index contributed by atoms with van der Waals surface area (Å²) in [5.41, 5.74) is 5.03. The second-order valence-electron chi connectivity index (χ2n) is 2.78. The van der Waals surface area contributed by atoms with Crippen molar-refractivity contribution in [2.75, 3.05) is 6.54 Å². The van der Waals surface area contributed by atoms with E-state index in [-0.39, 0.29) is 11.4 Å². The molecule has 3 N–H and O–H groups in total. The van der Waals surface area contributed by atoms with Gasteiger partial charge in [0.05, 0.1) is 0 Å². The third-order valence-corrected chi connectivity index (χ3v) is 1.16. The van der Waals surface area contributed by atoms with Crippen LogP contribution >= 0.6 is 0 Å². The van der Waals surface area contributed by atoms with Crippen molar-refractivity contribution < 1.29 is 4.79 Å². The third kappa shape index (κ3) is 3.25. The maximum absolute atomic E-state index is 10.7. The molecule has 0 rings (SSSR count). The van der Waals surface area contributed by atoms with Gasteiger partial charge in [-0.25, -0.2) is 0 Å². The van der Waals surface area contributed by atoms with Gasteiger partial charge in [0, 0.05) is 12.1 Å². The molecule has 0 spiro atoms. The number of rotatable bonds is 3. The molecule has 0 unspecified atom stereocenters. The van der Waals surface area contributed by atoms with E-state index in [2.05, 4.69) is 11.9 Å². The first-order valence-corrected chi connectivity index (χ1v) is 3.16. The fraction of sp³-hybridized carbons (Fsp3) is 0.571. The first-order valence-electron chi connectivity index (χ1n) is 3.16.